The Hall–Kier alpha value is -2.32. The van der Waals surface area contributed by atoms with Crippen LogP contribution in [0.4, 0.5) is 5.00 Å². The second kappa shape index (κ2) is 9.22. The number of nitrogens with zero attached hydrogens (tertiary/aromatic N) is 1. The number of fused-ring (bicyclic) bond motifs is 1. The minimum absolute atomic E-state index is 0.0687. The van der Waals surface area contributed by atoms with Crippen LogP contribution in [0.25, 0.3) is 0 Å². The number of hydrogen-bond acceptors (Lipinski definition) is 4. The van der Waals surface area contributed by atoms with Crippen molar-refractivity contribution < 1.29 is 9.53 Å². The lowest BCUT2D eigenvalue weighted by molar-refractivity contribution is -0.118. The van der Waals surface area contributed by atoms with Gasteiger partial charge in [-0.05, 0) is 66.2 Å². The molecular weight excluding hydrogens is 392 g/mol. The van der Waals surface area contributed by atoms with Gasteiger partial charge in [-0.25, -0.2) is 0 Å². The molecule has 0 aliphatic heterocycles. The summed E-state index contributed by atoms with van der Waals surface area (Å²) in [6.07, 6.45) is 4.06. The van der Waals surface area contributed by atoms with Gasteiger partial charge >= 0.3 is 0 Å². The Labute approximate surface area is 184 Å². The van der Waals surface area contributed by atoms with Crippen LogP contribution in [0.2, 0.25) is 0 Å². The molecule has 1 aromatic heterocycles. The van der Waals surface area contributed by atoms with Gasteiger partial charge in [-0.1, -0.05) is 46.8 Å². The molecule has 2 atom stereocenters. The Balaban J connectivity index is 1.63. The third-order valence-corrected chi connectivity index (χ3v) is 7.46. The Morgan fingerprint density at radius 3 is 2.63 bits per heavy atom. The molecule has 1 aliphatic rings. The molecule has 0 saturated carbocycles. The average molecular weight is 425 g/mol. The summed E-state index contributed by atoms with van der Waals surface area (Å²) in [5.41, 5.74) is 3.27. The highest BCUT2D eigenvalue weighted by molar-refractivity contribution is 7.16. The van der Waals surface area contributed by atoms with Crippen molar-refractivity contribution in [2.75, 3.05) is 11.9 Å². The van der Waals surface area contributed by atoms with Crippen LogP contribution in [-0.4, -0.2) is 12.5 Å². The molecule has 1 aromatic carbocycles. The summed E-state index contributed by atoms with van der Waals surface area (Å²) in [7, 11) is 0. The van der Waals surface area contributed by atoms with Crippen molar-refractivity contribution in [2.24, 2.45) is 11.3 Å². The molecule has 5 heteroatoms. The number of nitriles is 1. The maximum atomic E-state index is 12.5. The zero-order valence-corrected chi connectivity index (χ0v) is 19.5. The third kappa shape index (κ3) is 5.05. The van der Waals surface area contributed by atoms with Crippen molar-refractivity contribution in [3.63, 3.8) is 0 Å². The number of benzene rings is 1. The van der Waals surface area contributed by atoms with Crippen molar-refractivity contribution in [1.29, 1.82) is 5.26 Å². The summed E-state index contributed by atoms with van der Waals surface area (Å²) < 4.78 is 5.66. The summed E-state index contributed by atoms with van der Waals surface area (Å²) in [5, 5.41) is 13.3. The maximum absolute atomic E-state index is 12.5. The van der Waals surface area contributed by atoms with Crippen LogP contribution in [0.5, 0.6) is 5.75 Å². The maximum Gasteiger partial charge on any atom is 0.262 e. The van der Waals surface area contributed by atoms with E-state index < -0.39 is 0 Å². The number of nitrogens with one attached hydrogen (secondary N) is 1. The van der Waals surface area contributed by atoms with Crippen LogP contribution in [0.1, 0.15) is 74.9 Å². The van der Waals surface area contributed by atoms with Crippen LogP contribution >= 0.6 is 11.3 Å². The van der Waals surface area contributed by atoms with Gasteiger partial charge < -0.3 is 10.1 Å². The molecule has 2 aromatic rings. The Morgan fingerprint density at radius 2 is 2.03 bits per heavy atom. The first kappa shape index (κ1) is 22.4. The molecule has 0 spiro atoms. The highest BCUT2D eigenvalue weighted by Crippen LogP contribution is 2.43. The lowest BCUT2D eigenvalue weighted by Gasteiger charge is -2.33. The van der Waals surface area contributed by atoms with E-state index in [1.165, 1.54) is 10.4 Å². The molecule has 0 fully saturated rings. The van der Waals surface area contributed by atoms with E-state index in [4.69, 9.17) is 4.74 Å². The summed E-state index contributed by atoms with van der Waals surface area (Å²) in [6, 6.07) is 10.2. The molecule has 0 unspecified atom stereocenters. The fourth-order valence-electron chi connectivity index (χ4n) is 3.97. The van der Waals surface area contributed by atoms with E-state index in [1.807, 2.05) is 24.3 Å². The summed E-state index contributed by atoms with van der Waals surface area (Å²) in [4.78, 5) is 13.7. The quantitative estimate of drug-likeness (QED) is 0.592. The minimum Gasteiger partial charge on any atom is -0.484 e. The van der Waals surface area contributed by atoms with Crippen molar-refractivity contribution in [2.45, 2.75) is 66.2 Å². The average Bonchev–Trinajstić information content (AvgIpc) is 3.07. The first-order valence-corrected chi connectivity index (χ1v) is 11.6. The number of rotatable bonds is 6. The topological polar surface area (TPSA) is 62.1 Å². The number of carbonyl (C=O) groups excluding carboxylic acids is 1. The molecule has 30 heavy (non-hydrogen) atoms. The van der Waals surface area contributed by atoms with E-state index in [0.717, 1.165) is 31.2 Å². The number of ether oxygens (including phenoxy) is 1. The van der Waals surface area contributed by atoms with Crippen LogP contribution in [-0.2, 0) is 17.6 Å². The van der Waals surface area contributed by atoms with Gasteiger partial charge in [-0.15, -0.1) is 11.3 Å². The molecule has 0 bridgehead atoms. The van der Waals surface area contributed by atoms with Gasteiger partial charge in [0.25, 0.3) is 5.91 Å². The fraction of sp³-hybridized carbons (Fsp3) is 0.520. The smallest absolute Gasteiger partial charge is 0.262 e. The van der Waals surface area contributed by atoms with Crippen LogP contribution < -0.4 is 10.1 Å². The standard InChI is InChI=1S/C25H32N2O2S/c1-6-16(2)17-7-10-19(11-8-17)29-15-23(28)27-24-21(14-26)20-12-9-18(25(3,4)5)13-22(20)30-24/h7-8,10-11,16,18H,6,9,12-13,15H2,1-5H3,(H,27,28)/t16-,18+/m1/s1. The number of thiophene rings is 1. The highest BCUT2D eigenvalue weighted by Gasteiger charge is 2.32. The van der Waals surface area contributed by atoms with Crippen molar-refractivity contribution in [3.05, 3.63) is 45.8 Å². The van der Waals surface area contributed by atoms with Crippen LogP contribution in [0, 0.1) is 22.7 Å². The third-order valence-electron chi connectivity index (χ3n) is 6.29. The van der Waals surface area contributed by atoms with E-state index in [2.05, 4.69) is 46.0 Å². The molecule has 3 rings (SSSR count). The van der Waals surface area contributed by atoms with Gasteiger partial charge in [0.2, 0.25) is 0 Å². The minimum atomic E-state index is -0.233. The lowest BCUT2D eigenvalue weighted by Crippen LogP contribution is -2.26. The van der Waals surface area contributed by atoms with Gasteiger partial charge in [0.05, 0.1) is 5.56 Å². The van der Waals surface area contributed by atoms with Gasteiger partial charge in [0, 0.05) is 4.88 Å². The van der Waals surface area contributed by atoms with Crippen LogP contribution in [0.15, 0.2) is 24.3 Å². The molecule has 0 radical (unpaired) electrons. The van der Waals surface area contributed by atoms with E-state index in [0.29, 0.717) is 28.1 Å². The van der Waals surface area contributed by atoms with Gasteiger partial charge in [0.1, 0.15) is 16.8 Å². The van der Waals surface area contributed by atoms with Crippen molar-refractivity contribution >= 4 is 22.2 Å². The summed E-state index contributed by atoms with van der Waals surface area (Å²) >= 11 is 1.55. The zero-order valence-electron chi connectivity index (χ0n) is 18.7. The molecule has 1 aliphatic carbocycles. The number of amides is 1. The summed E-state index contributed by atoms with van der Waals surface area (Å²) in [5.74, 6) is 1.55. The second-order valence-electron chi connectivity index (χ2n) is 9.34. The predicted molar refractivity (Wildman–Crippen MR) is 123 cm³/mol. The predicted octanol–water partition coefficient (Wildman–Crippen LogP) is 6.30. The van der Waals surface area contributed by atoms with Gasteiger partial charge in [-0.3, -0.25) is 4.79 Å². The van der Waals surface area contributed by atoms with E-state index >= 15 is 0 Å². The first-order valence-electron chi connectivity index (χ1n) is 10.8. The Kier molecular flexibility index (Phi) is 6.88. The van der Waals surface area contributed by atoms with Crippen LogP contribution in [0.3, 0.4) is 0 Å². The highest BCUT2D eigenvalue weighted by atomic mass is 32.1. The number of hydrogen-bond donors (Lipinski definition) is 1. The monoisotopic (exact) mass is 424 g/mol. The number of carbonyl (C=O) groups is 1. The Bertz CT molecular complexity index is 932. The van der Waals surface area contributed by atoms with Crippen molar-refractivity contribution in [3.8, 4) is 11.8 Å². The molecule has 0 saturated heterocycles. The molecule has 1 heterocycles. The fourth-order valence-corrected chi connectivity index (χ4v) is 5.27. The molecule has 1 N–H and O–H groups in total. The normalized spacial score (nSPS) is 17.0. The van der Waals surface area contributed by atoms with E-state index in [9.17, 15) is 10.1 Å². The molecule has 4 nitrogen and oxygen atoms in total. The van der Waals surface area contributed by atoms with Crippen molar-refractivity contribution in [1.82, 2.24) is 0 Å². The molecule has 1 amide bonds. The first-order chi connectivity index (χ1) is 14.2. The largest absolute Gasteiger partial charge is 0.484 e. The van der Waals surface area contributed by atoms with Gasteiger partial charge in [0.15, 0.2) is 6.61 Å². The molecule has 160 valence electrons. The zero-order chi connectivity index (χ0) is 21.9. The van der Waals surface area contributed by atoms with Gasteiger partial charge in [-0.2, -0.15) is 5.26 Å². The SMILES string of the molecule is CC[C@@H](C)c1ccc(OCC(=O)Nc2sc3c(c2C#N)CC[C@H](C(C)(C)C)C3)cc1. The Morgan fingerprint density at radius 1 is 1.33 bits per heavy atom. The molecular formula is C25H32N2O2S. The van der Waals surface area contributed by atoms with E-state index in [1.54, 1.807) is 11.3 Å². The van der Waals surface area contributed by atoms with E-state index in [-0.39, 0.29) is 17.9 Å². The number of anilines is 1. The lowest BCUT2D eigenvalue weighted by atomic mass is 9.72. The summed E-state index contributed by atoms with van der Waals surface area (Å²) in [6.45, 7) is 11.1. The second-order valence-corrected chi connectivity index (χ2v) is 10.4.